The maximum Gasteiger partial charge on any atom is 0.229 e. The molecule has 0 bridgehead atoms. The van der Waals surface area contributed by atoms with Gasteiger partial charge in [-0.25, -0.2) is 4.73 Å². The van der Waals surface area contributed by atoms with Crippen LogP contribution in [-0.4, -0.2) is 20.4 Å². The molecule has 1 N–H and O–H groups in total. The zero-order chi connectivity index (χ0) is 11.4. The molecule has 1 aromatic heterocycles. The molecule has 0 saturated carbocycles. The Morgan fingerprint density at radius 1 is 1.12 bits per heavy atom. The zero-order valence-corrected chi connectivity index (χ0v) is 8.26. The number of aromatic nitrogens is 1. The van der Waals surface area contributed by atoms with Crippen molar-refractivity contribution >= 4 is 5.71 Å². The monoisotopic (exact) mass is 217 g/mol. The third-order valence-electron chi connectivity index (χ3n) is 1.86. The van der Waals surface area contributed by atoms with Gasteiger partial charge in [-0.3, -0.25) is 0 Å². The number of nitrogens with zero attached hydrogens (tertiary/aromatic N) is 4. The van der Waals surface area contributed by atoms with Gasteiger partial charge >= 0.3 is 0 Å². The zero-order valence-electron chi connectivity index (χ0n) is 8.26. The predicted molar refractivity (Wildman–Crippen MR) is 56.5 cm³/mol. The molecule has 1 aliphatic rings. The summed E-state index contributed by atoms with van der Waals surface area (Å²) in [6.45, 7) is 0. The van der Waals surface area contributed by atoms with Crippen LogP contribution in [0.15, 0.2) is 59.3 Å². The molecule has 0 saturated heterocycles. The molecule has 2 rings (SSSR count). The van der Waals surface area contributed by atoms with Crippen LogP contribution in [0.4, 0.5) is 0 Å². The normalized spacial score (nSPS) is 14.0. The second-order valence-corrected chi connectivity index (χ2v) is 3.05. The molecule has 80 valence electrons. The highest BCUT2D eigenvalue weighted by Gasteiger charge is 2.04. The Hall–Kier alpha value is -2.50. The number of hydrogen-bond donors (Lipinski definition) is 1. The van der Waals surface area contributed by atoms with Crippen LogP contribution in [0.3, 0.4) is 0 Å². The molecule has 0 aromatic carbocycles. The minimum absolute atomic E-state index is 0.591. The first-order chi connectivity index (χ1) is 7.74. The molecule has 2 heterocycles. The molecule has 0 amide bonds. The summed E-state index contributed by atoms with van der Waals surface area (Å²) < 4.78 is 1.60. The van der Waals surface area contributed by atoms with Gasteiger partial charge in [0.15, 0.2) is 0 Å². The number of pyridine rings is 1. The Labute approximate surface area is 90.7 Å². The quantitative estimate of drug-likeness (QED) is 0.429. The van der Waals surface area contributed by atoms with Crippen LogP contribution in [0.2, 0.25) is 0 Å². The van der Waals surface area contributed by atoms with Crippen molar-refractivity contribution in [2.24, 2.45) is 10.2 Å². The summed E-state index contributed by atoms with van der Waals surface area (Å²) in [5.41, 5.74) is 0.591. The molecule has 16 heavy (non-hydrogen) atoms. The minimum Gasteiger partial charge on any atom is -0.429 e. The van der Waals surface area contributed by atoms with E-state index in [1.54, 1.807) is 24.3 Å². The van der Waals surface area contributed by atoms with Crippen molar-refractivity contribution < 1.29 is 9.97 Å². The van der Waals surface area contributed by atoms with E-state index >= 15 is 0 Å². The van der Waals surface area contributed by atoms with Crippen LogP contribution in [-0.2, 0) is 0 Å². The van der Waals surface area contributed by atoms with Gasteiger partial charge in [-0.2, -0.15) is 10.2 Å². The molecular formula is C10H9N4O2+. The van der Waals surface area contributed by atoms with Crippen molar-refractivity contribution in [2.75, 3.05) is 0 Å². The van der Waals surface area contributed by atoms with Gasteiger partial charge in [0.25, 0.3) is 0 Å². The highest BCUT2D eigenvalue weighted by molar-refractivity contribution is 6.03. The highest BCUT2D eigenvalue weighted by atomic mass is 16.5. The van der Waals surface area contributed by atoms with Crippen LogP contribution in [0.25, 0.3) is 0 Å². The third-order valence-corrected chi connectivity index (χ3v) is 1.86. The molecule has 0 radical (unpaired) electrons. The molecular weight excluding hydrogens is 208 g/mol. The van der Waals surface area contributed by atoms with Crippen LogP contribution in [0.5, 0.6) is 0 Å². The van der Waals surface area contributed by atoms with Crippen molar-refractivity contribution in [3.63, 3.8) is 0 Å². The number of allylic oxidation sites excluding steroid dienone is 2. The first-order valence-electron chi connectivity index (χ1n) is 4.55. The summed E-state index contributed by atoms with van der Waals surface area (Å²) in [7, 11) is 0. The van der Waals surface area contributed by atoms with Crippen LogP contribution in [0.1, 0.15) is 0 Å². The van der Waals surface area contributed by atoms with E-state index in [2.05, 4.69) is 10.2 Å². The van der Waals surface area contributed by atoms with Gasteiger partial charge in [0.2, 0.25) is 12.4 Å². The van der Waals surface area contributed by atoms with Gasteiger partial charge < -0.3 is 5.21 Å². The Morgan fingerprint density at radius 2 is 1.75 bits per heavy atom. The van der Waals surface area contributed by atoms with Gasteiger partial charge in [-0.15, -0.1) is 0 Å². The van der Waals surface area contributed by atoms with Crippen LogP contribution < -0.4 is 5.36 Å². The lowest BCUT2D eigenvalue weighted by molar-refractivity contribution is -0.402. The number of nitroso groups, excluding NO2 is 1. The van der Waals surface area contributed by atoms with Gasteiger partial charge in [0.1, 0.15) is 0 Å². The van der Waals surface area contributed by atoms with Gasteiger partial charge in [-0.05, 0) is 12.1 Å². The fourth-order valence-corrected chi connectivity index (χ4v) is 1.06. The van der Waals surface area contributed by atoms with Crippen molar-refractivity contribution in [1.29, 1.82) is 0 Å². The van der Waals surface area contributed by atoms with Crippen LogP contribution in [0, 0.1) is 4.91 Å². The number of hydrogen-bond acceptors (Lipinski definition) is 4. The van der Waals surface area contributed by atoms with Crippen molar-refractivity contribution in [2.45, 2.75) is 0 Å². The first kappa shape index (κ1) is 10.0. The summed E-state index contributed by atoms with van der Waals surface area (Å²) >= 11 is 0. The van der Waals surface area contributed by atoms with Gasteiger partial charge in [-0.1, -0.05) is 0 Å². The highest BCUT2D eigenvalue weighted by Crippen LogP contribution is 1.94. The van der Waals surface area contributed by atoms with Crippen LogP contribution >= 0.6 is 0 Å². The Bertz CT molecular complexity index is 528. The standard InChI is InChI=1S/C10H9N4O2/c15-13-5-1-9(2-6-13)11-12-10-3-7-14(16)8-4-10/h1-8,15H/q+1. The molecule has 0 fully saturated rings. The second kappa shape index (κ2) is 4.35. The van der Waals surface area contributed by atoms with Crippen molar-refractivity contribution in [1.82, 2.24) is 4.73 Å². The average Bonchev–Trinajstić information content (AvgIpc) is 2.30. The fourth-order valence-electron chi connectivity index (χ4n) is 1.06. The van der Waals surface area contributed by atoms with E-state index in [0.717, 1.165) is 4.73 Å². The Balaban J connectivity index is 2.23. The molecule has 0 unspecified atom stereocenters. The average molecular weight is 217 g/mol. The predicted octanol–water partition coefficient (Wildman–Crippen LogP) is 0.802. The summed E-state index contributed by atoms with van der Waals surface area (Å²) in [6.07, 6.45) is 8.72. The van der Waals surface area contributed by atoms with E-state index in [1.165, 1.54) is 24.8 Å². The smallest absolute Gasteiger partial charge is 0.229 e. The first-order valence-corrected chi connectivity index (χ1v) is 4.55. The van der Waals surface area contributed by atoms with Crippen molar-refractivity contribution in [3.8, 4) is 0 Å². The summed E-state index contributed by atoms with van der Waals surface area (Å²) in [5, 5.41) is 17.5. The van der Waals surface area contributed by atoms with E-state index in [-0.39, 0.29) is 0 Å². The number of rotatable bonds is 1. The van der Waals surface area contributed by atoms with E-state index in [0.29, 0.717) is 15.8 Å². The minimum atomic E-state index is 0.591. The van der Waals surface area contributed by atoms with E-state index in [9.17, 15) is 4.91 Å². The van der Waals surface area contributed by atoms with Crippen molar-refractivity contribution in [3.05, 3.63) is 59.3 Å². The summed E-state index contributed by atoms with van der Waals surface area (Å²) in [6, 6.07) is 3.22. The second-order valence-electron chi connectivity index (χ2n) is 3.05. The lowest BCUT2D eigenvalue weighted by Gasteiger charge is -1.92. The van der Waals surface area contributed by atoms with Gasteiger partial charge in [0.05, 0.1) is 15.8 Å². The SMILES string of the molecule is O=[N+]1C=CC(=NN=c2ccn(O)cc2)C=C1. The molecule has 1 aliphatic heterocycles. The Morgan fingerprint density at radius 3 is 2.38 bits per heavy atom. The molecule has 6 nitrogen and oxygen atoms in total. The van der Waals surface area contributed by atoms with E-state index in [4.69, 9.17) is 5.21 Å². The van der Waals surface area contributed by atoms with Gasteiger partial charge in [0, 0.05) is 29.5 Å². The lowest BCUT2D eigenvalue weighted by atomic mass is 10.3. The summed E-state index contributed by atoms with van der Waals surface area (Å²) in [4.78, 5) is 10.7. The Kier molecular flexibility index (Phi) is 2.73. The molecule has 0 atom stereocenters. The molecule has 0 spiro atoms. The third kappa shape index (κ3) is 2.50. The topological polar surface area (TPSA) is 70.0 Å². The molecule has 0 aliphatic carbocycles. The molecule has 6 heteroatoms. The molecule has 1 aromatic rings. The fraction of sp³-hybridized carbons (Fsp3) is 0. The maximum absolute atomic E-state index is 10.7. The largest absolute Gasteiger partial charge is 0.429 e. The lowest BCUT2D eigenvalue weighted by Crippen LogP contribution is -2.04. The summed E-state index contributed by atoms with van der Waals surface area (Å²) in [5.74, 6) is 0. The maximum atomic E-state index is 10.7. The van der Waals surface area contributed by atoms with E-state index in [1.807, 2.05) is 0 Å². The van der Waals surface area contributed by atoms with E-state index < -0.39 is 0 Å².